The zero-order valence-electron chi connectivity index (χ0n) is 14.5. The Morgan fingerprint density at radius 3 is 2.04 bits per heavy atom. The van der Waals surface area contributed by atoms with E-state index in [1.54, 1.807) is 19.2 Å². The molecule has 0 saturated heterocycles. The first-order valence-electron chi connectivity index (χ1n) is 8.43. The first-order chi connectivity index (χ1) is 11.9. The fraction of sp³-hybridized carbons (Fsp3) is 0.350. The molecular weight excluding hydrogens is 334 g/mol. The lowest BCUT2D eigenvalue weighted by atomic mass is 9.98. The molecule has 4 rings (SSSR count). The van der Waals surface area contributed by atoms with Gasteiger partial charge in [0.1, 0.15) is 0 Å². The quantitative estimate of drug-likeness (QED) is 0.832. The highest BCUT2D eigenvalue weighted by Gasteiger charge is 2.48. The second kappa shape index (κ2) is 5.70. The summed E-state index contributed by atoms with van der Waals surface area (Å²) in [4.78, 5) is 4.71. The van der Waals surface area contributed by atoms with Gasteiger partial charge in [-0.25, -0.2) is 13.4 Å². The summed E-state index contributed by atoms with van der Waals surface area (Å²) in [5.41, 5.74) is 5.32. The van der Waals surface area contributed by atoms with Crippen molar-refractivity contribution < 1.29 is 13.2 Å². The van der Waals surface area contributed by atoms with E-state index in [0.29, 0.717) is 16.2 Å². The highest BCUT2D eigenvalue weighted by atomic mass is 32.2. The second-order valence-corrected chi connectivity index (χ2v) is 9.21. The number of ether oxygens (including phenoxy) is 1. The van der Waals surface area contributed by atoms with Crippen molar-refractivity contribution in [3.8, 4) is 5.88 Å². The summed E-state index contributed by atoms with van der Waals surface area (Å²) in [5, 5.41) is 0. The normalized spacial score (nSPS) is 18.6. The van der Waals surface area contributed by atoms with Gasteiger partial charge in [0.05, 0.1) is 12.0 Å². The van der Waals surface area contributed by atoms with E-state index in [1.807, 2.05) is 24.4 Å². The third kappa shape index (κ3) is 3.09. The van der Waals surface area contributed by atoms with E-state index in [2.05, 4.69) is 11.1 Å². The molecule has 0 amide bonds. The van der Waals surface area contributed by atoms with E-state index in [9.17, 15) is 8.42 Å². The molecular formula is C20H21NO3S. The Morgan fingerprint density at radius 2 is 1.56 bits per heavy atom. The summed E-state index contributed by atoms with van der Waals surface area (Å²) >= 11 is 0. The fourth-order valence-corrected chi connectivity index (χ4v) is 4.32. The molecule has 1 spiro atoms. The highest BCUT2D eigenvalue weighted by Crippen LogP contribution is 2.63. The van der Waals surface area contributed by atoms with Crippen molar-refractivity contribution in [1.29, 1.82) is 0 Å². The van der Waals surface area contributed by atoms with Gasteiger partial charge >= 0.3 is 0 Å². The maximum Gasteiger partial charge on any atom is 0.212 e. The van der Waals surface area contributed by atoms with Gasteiger partial charge in [0.2, 0.25) is 5.88 Å². The number of allylic oxidation sites excluding steroid dienone is 2. The Hall–Kier alpha value is -2.14. The van der Waals surface area contributed by atoms with Crippen molar-refractivity contribution in [1.82, 2.24) is 4.98 Å². The molecule has 1 aromatic carbocycles. The number of benzene rings is 1. The molecule has 1 saturated carbocycles. The molecule has 1 heterocycles. The van der Waals surface area contributed by atoms with Crippen LogP contribution in [0, 0.1) is 5.41 Å². The van der Waals surface area contributed by atoms with Crippen LogP contribution in [0.5, 0.6) is 5.88 Å². The van der Waals surface area contributed by atoms with Gasteiger partial charge in [0.25, 0.3) is 0 Å². The van der Waals surface area contributed by atoms with Crippen molar-refractivity contribution in [3.05, 3.63) is 53.7 Å². The molecule has 5 heteroatoms. The number of hydrogen-bond donors (Lipinski definition) is 0. The Kier molecular flexibility index (Phi) is 3.72. The largest absolute Gasteiger partial charge is 0.481 e. The molecule has 0 aliphatic heterocycles. The number of sulfone groups is 1. The highest BCUT2D eigenvalue weighted by molar-refractivity contribution is 7.90. The van der Waals surface area contributed by atoms with Crippen LogP contribution in [0.4, 0.5) is 0 Å². The summed E-state index contributed by atoms with van der Waals surface area (Å²) in [6.07, 6.45) is 7.79. The fourth-order valence-electron chi connectivity index (χ4n) is 3.69. The summed E-state index contributed by atoms with van der Waals surface area (Å²) in [5.74, 6) is 0.613. The summed E-state index contributed by atoms with van der Waals surface area (Å²) in [6, 6.07) is 11.2. The van der Waals surface area contributed by atoms with Crippen molar-refractivity contribution in [2.75, 3.05) is 13.4 Å². The van der Waals surface area contributed by atoms with Crippen LogP contribution in [0.1, 0.15) is 36.8 Å². The topological polar surface area (TPSA) is 56.3 Å². The Bertz CT molecular complexity index is 937. The van der Waals surface area contributed by atoms with Crippen molar-refractivity contribution in [2.24, 2.45) is 5.41 Å². The monoisotopic (exact) mass is 355 g/mol. The zero-order chi connectivity index (χ0) is 17.7. The summed E-state index contributed by atoms with van der Waals surface area (Å²) in [7, 11) is -1.55. The van der Waals surface area contributed by atoms with E-state index < -0.39 is 9.84 Å². The van der Waals surface area contributed by atoms with Crippen molar-refractivity contribution in [3.63, 3.8) is 0 Å². The predicted molar refractivity (Wildman–Crippen MR) is 98.1 cm³/mol. The van der Waals surface area contributed by atoms with Gasteiger partial charge in [-0.2, -0.15) is 0 Å². The van der Waals surface area contributed by atoms with Crippen LogP contribution < -0.4 is 4.74 Å². The van der Waals surface area contributed by atoms with E-state index in [0.717, 1.165) is 24.0 Å². The Labute approximate surface area is 148 Å². The van der Waals surface area contributed by atoms with Crippen LogP contribution in [0.3, 0.4) is 0 Å². The van der Waals surface area contributed by atoms with E-state index in [4.69, 9.17) is 4.74 Å². The minimum Gasteiger partial charge on any atom is -0.481 e. The van der Waals surface area contributed by atoms with E-state index >= 15 is 0 Å². The van der Waals surface area contributed by atoms with Gasteiger partial charge in [-0.3, -0.25) is 0 Å². The van der Waals surface area contributed by atoms with Crippen molar-refractivity contribution in [2.45, 2.75) is 30.6 Å². The van der Waals surface area contributed by atoms with E-state index in [-0.39, 0.29) is 0 Å². The number of nitrogens with zero attached hydrogens (tertiary/aromatic N) is 1. The number of methoxy groups -OCH3 is 1. The molecule has 2 aliphatic rings. The van der Waals surface area contributed by atoms with Crippen LogP contribution in [0.15, 0.2) is 47.5 Å². The molecule has 1 aromatic heterocycles. The average molecular weight is 355 g/mol. The summed E-state index contributed by atoms with van der Waals surface area (Å²) < 4.78 is 28.5. The van der Waals surface area contributed by atoms with Crippen LogP contribution in [-0.2, 0) is 9.84 Å². The molecule has 0 unspecified atom stereocenters. The Morgan fingerprint density at radius 1 is 0.960 bits per heavy atom. The van der Waals surface area contributed by atoms with Crippen LogP contribution in [-0.4, -0.2) is 26.8 Å². The molecule has 2 aliphatic carbocycles. The van der Waals surface area contributed by atoms with Crippen molar-refractivity contribution >= 4 is 21.0 Å². The lowest BCUT2D eigenvalue weighted by Gasteiger charge is -2.09. The minimum absolute atomic E-state index is 0.364. The third-order valence-corrected chi connectivity index (χ3v) is 6.48. The van der Waals surface area contributed by atoms with E-state index in [1.165, 1.54) is 30.2 Å². The predicted octanol–water partition coefficient (Wildman–Crippen LogP) is 3.98. The molecule has 1 fully saturated rings. The maximum atomic E-state index is 11.7. The molecule has 0 atom stereocenters. The first-order valence-corrected chi connectivity index (χ1v) is 10.3. The number of hydrogen-bond acceptors (Lipinski definition) is 4. The SMILES string of the molecule is COc1ccc(C2=C(c3ccc(S(C)(=O)=O)cc3)CC3(CC3)C2)cn1. The zero-order valence-corrected chi connectivity index (χ0v) is 15.3. The molecule has 130 valence electrons. The number of pyridine rings is 1. The maximum absolute atomic E-state index is 11.7. The number of rotatable bonds is 4. The lowest BCUT2D eigenvalue weighted by molar-refractivity contribution is 0.398. The van der Waals surface area contributed by atoms with Crippen LogP contribution in [0.2, 0.25) is 0 Å². The molecule has 4 nitrogen and oxygen atoms in total. The molecule has 0 bridgehead atoms. The minimum atomic E-state index is -3.17. The van der Waals surface area contributed by atoms with Gasteiger partial charge in [-0.1, -0.05) is 12.1 Å². The molecule has 0 radical (unpaired) electrons. The Balaban J connectivity index is 1.75. The second-order valence-electron chi connectivity index (χ2n) is 7.20. The smallest absolute Gasteiger partial charge is 0.212 e. The molecule has 0 N–H and O–H groups in total. The average Bonchev–Trinajstić information content (AvgIpc) is 3.25. The summed E-state index contributed by atoms with van der Waals surface area (Å²) in [6.45, 7) is 0. The van der Waals surface area contributed by atoms with Crippen LogP contribution >= 0.6 is 0 Å². The van der Waals surface area contributed by atoms with Gasteiger partial charge in [0, 0.05) is 18.5 Å². The number of aromatic nitrogens is 1. The lowest BCUT2D eigenvalue weighted by Crippen LogP contribution is -1.97. The van der Waals surface area contributed by atoms with Gasteiger partial charge in [-0.15, -0.1) is 0 Å². The van der Waals surface area contributed by atoms with Gasteiger partial charge < -0.3 is 4.74 Å². The third-order valence-electron chi connectivity index (χ3n) is 5.35. The molecule has 25 heavy (non-hydrogen) atoms. The standard InChI is InChI=1S/C20H21NO3S/c1-24-19-8-5-15(13-21-19)18-12-20(9-10-20)11-17(18)14-3-6-16(7-4-14)25(2,22)23/h3-8,13H,9-12H2,1-2H3. The molecule has 2 aromatic rings. The first kappa shape index (κ1) is 16.3. The van der Waals surface area contributed by atoms with Crippen LogP contribution in [0.25, 0.3) is 11.1 Å². The van der Waals surface area contributed by atoms with Gasteiger partial charge in [0.15, 0.2) is 9.84 Å². The van der Waals surface area contributed by atoms with Gasteiger partial charge in [-0.05, 0) is 71.6 Å².